The molecule has 0 aromatic heterocycles. The van der Waals surface area contributed by atoms with Gasteiger partial charge < -0.3 is 15.2 Å². The number of nitrogens with one attached hydrogen (secondary N) is 1. The van der Waals surface area contributed by atoms with Gasteiger partial charge in [-0.05, 0) is 37.6 Å². The minimum atomic E-state index is -0.140. The quantitative estimate of drug-likeness (QED) is 0.561. The molecule has 0 saturated heterocycles. The molecule has 0 aliphatic carbocycles. The molecule has 0 fully saturated rings. The van der Waals surface area contributed by atoms with Crippen LogP contribution in [0.2, 0.25) is 0 Å². The normalized spacial score (nSPS) is 10.2. The first-order valence-corrected chi connectivity index (χ1v) is 5.86. The fourth-order valence-corrected chi connectivity index (χ4v) is 1.44. The van der Waals surface area contributed by atoms with Crippen LogP contribution in [0.25, 0.3) is 0 Å². The highest BCUT2D eigenvalue weighted by Crippen LogP contribution is 2.09. The largest absolute Gasteiger partial charge is 0.508 e. The van der Waals surface area contributed by atoms with Crippen LogP contribution in [-0.2, 0) is 16.1 Å². The molecule has 0 aliphatic heterocycles. The Hall–Kier alpha value is -1.55. The molecule has 94 valence electrons. The Morgan fingerprint density at radius 2 is 2.06 bits per heavy atom. The number of phenolic OH excluding ortho intramolecular Hbond substituents is 1. The van der Waals surface area contributed by atoms with Crippen LogP contribution in [0, 0.1) is 0 Å². The van der Waals surface area contributed by atoms with Crippen molar-refractivity contribution in [2.75, 3.05) is 13.2 Å². The molecule has 0 saturated carbocycles. The van der Waals surface area contributed by atoms with Gasteiger partial charge in [0.15, 0.2) is 0 Å². The van der Waals surface area contributed by atoms with E-state index in [1.165, 1.54) is 0 Å². The van der Waals surface area contributed by atoms with Crippen LogP contribution < -0.4 is 5.32 Å². The highest BCUT2D eigenvalue weighted by molar-refractivity contribution is 5.69. The number of hydrogen-bond donors (Lipinski definition) is 2. The molecule has 4 nitrogen and oxygen atoms in total. The average Bonchev–Trinajstić information content (AvgIpc) is 2.31. The number of hydrogen-bond acceptors (Lipinski definition) is 4. The fourth-order valence-electron chi connectivity index (χ4n) is 1.44. The van der Waals surface area contributed by atoms with E-state index in [0.717, 1.165) is 25.1 Å². The molecule has 17 heavy (non-hydrogen) atoms. The van der Waals surface area contributed by atoms with Gasteiger partial charge in [-0.15, -0.1) is 0 Å². The summed E-state index contributed by atoms with van der Waals surface area (Å²) in [7, 11) is 0. The van der Waals surface area contributed by atoms with Gasteiger partial charge >= 0.3 is 5.97 Å². The first-order chi connectivity index (χ1) is 8.22. The Morgan fingerprint density at radius 1 is 1.35 bits per heavy atom. The number of rotatable bonds is 7. The maximum absolute atomic E-state index is 11.0. The molecular weight excluding hydrogens is 218 g/mol. The molecule has 1 aromatic carbocycles. The second kappa shape index (κ2) is 7.68. The van der Waals surface area contributed by atoms with Crippen LogP contribution in [0.1, 0.15) is 25.3 Å². The van der Waals surface area contributed by atoms with Crippen molar-refractivity contribution in [3.63, 3.8) is 0 Å². The lowest BCUT2D eigenvalue weighted by Crippen LogP contribution is -2.16. The number of ether oxygens (including phenoxy) is 1. The Bertz CT molecular complexity index is 335. The van der Waals surface area contributed by atoms with Crippen LogP contribution in [-0.4, -0.2) is 24.2 Å². The molecule has 4 heteroatoms. The van der Waals surface area contributed by atoms with Crippen LogP contribution in [0.4, 0.5) is 0 Å². The Balaban J connectivity index is 2.08. The van der Waals surface area contributed by atoms with Crippen molar-refractivity contribution in [3.8, 4) is 5.75 Å². The lowest BCUT2D eigenvalue weighted by Gasteiger charge is -2.05. The zero-order valence-corrected chi connectivity index (χ0v) is 10.1. The number of aromatic hydroxyl groups is 1. The van der Waals surface area contributed by atoms with E-state index in [0.29, 0.717) is 13.0 Å². The zero-order valence-electron chi connectivity index (χ0n) is 10.1. The molecule has 2 N–H and O–H groups in total. The minimum absolute atomic E-state index is 0.140. The summed E-state index contributed by atoms with van der Waals surface area (Å²) < 4.78 is 4.83. The van der Waals surface area contributed by atoms with E-state index in [1.807, 2.05) is 12.1 Å². The number of benzene rings is 1. The van der Waals surface area contributed by atoms with Crippen molar-refractivity contribution < 1.29 is 14.6 Å². The van der Waals surface area contributed by atoms with Gasteiger partial charge in [0.05, 0.1) is 6.61 Å². The van der Waals surface area contributed by atoms with Gasteiger partial charge in [-0.1, -0.05) is 12.1 Å². The number of carbonyl (C=O) groups excluding carboxylic acids is 1. The van der Waals surface area contributed by atoms with Crippen molar-refractivity contribution in [2.45, 2.75) is 26.3 Å². The summed E-state index contributed by atoms with van der Waals surface area (Å²) in [6.07, 6.45) is 1.23. The van der Waals surface area contributed by atoms with Crippen LogP contribution >= 0.6 is 0 Å². The molecule has 0 heterocycles. The molecule has 0 aliphatic rings. The van der Waals surface area contributed by atoms with Crippen molar-refractivity contribution in [2.24, 2.45) is 0 Å². The van der Waals surface area contributed by atoms with Crippen LogP contribution in [0.5, 0.6) is 5.75 Å². The van der Waals surface area contributed by atoms with E-state index in [2.05, 4.69) is 5.32 Å². The number of carbonyl (C=O) groups is 1. The monoisotopic (exact) mass is 237 g/mol. The van der Waals surface area contributed by atoms with E-state index in [-0.39, 0.29) is 11.7 Å². The summed E-state index contributed by atoms with van der Waals surface area (Å²) in [4.78, 5) is 11.0. The Labute approximate surface area is 102 Å². The van der Waals surface area contributed by atoms with Gasteiger partial charge in [0.1, 0.15) is 5.75 Å². The summed E-state index contributed by atoms with van der Waals surface area (Å²) in [5, 5.41) is 12.3. The number of phenols is 1. The van der Waals surface area contributed by atoms with Crippen molar-refractivity contribution in [1.29, 1.82) is 0 Å². The van der Waals surface area contributed by atoms with E-state index in [9.17, 15) is 4.79 Å². The van der Waals surface area contributed by atoms with E-state index < -0.39 is 0 Å². The third-order valence-corrected chi connectivity index (χ3v) is 2.31. The van der Waals surface area contributed by atoms with E-state index in [4.69, 9.17) is 9.84 Å². The summed E-state index contributed by atoms with van der Waals surface area (Å²) in [6, 6.07) is 7.06. The topological polar surface area (TPSA) is 58.6 Å². The smallest absolute Gasteiger partial charge is 0.305 e. The summed E-state index contributed by atoms with van der Waals surface area (Å²) in [6.45, 7) is 3.77. The lowest BCUT2D eigenvalue weighted by molar-refractivity contribution is -0.143. The zero-order chi connectivity index (χ0) is 12.5. The standard InChI is InChI=1S/C13H19NO3/c1-2-17-13(16)4-3-9-14-10-11-5-7-12(15)8-6-11/h5-8,14-15H,2-4,9-10H2,1H3. The van der Waals surface area contributed by atoms with Gasteiger partial charge in [-0.3, -0.25) is 4.79 Å². The van der Waals surface area contributed by atoms with Gasteiger partial charge in [-0.25, -0.2) is 0 Å². The van der Waals surface area contributed by atoms with E-state index in [1.54, 1.807) is 19.1 Å². The summed E-state index contributed by atoms with van der Waals surface area (Å²) in [5.74, 6) is 0.134. The van der Waals surface area contributed by atoms with Gasteiger partial charge in [-0.2, -0.15) is 0 Å². The fraction of sp³-hybridized carbons (Fsp3) is 0.462. The third kappa shape index (κ3) is 5.92. The molecule has 0 bridgehead atoms. The Morgan fingerprint density at radius 3 is 2.71 bits per heavy atom. The highest BCUT2D eigenvalue weighted by Gasteiger charge is 2.00. The van der Waals surface area contributed by atoms with Crippen molar-refractivity contribution >= 4 is 5.97 Å². The van der Waals surface area contributed by atoms with Gasteiger partial charge in [0, 0.05) is 13.0 Å². The average molecular weight is 237 g/mol. The van der Waals surface area contributed by atoms with E-state index >= 15 is 0 Å². The molecule has 0 radical (unpaired) electrons. The molecule has 0 unspecified atom stereocenters. The predicted molar refractivity (Wildman–Crippen MR) is 65.7 cm³/mol. The lowest BCUT2D eigenvalue weighted by atomic mass is 10.2. The van der Waals surface area contributed by atoms with Crippen LogP contribution in [0.3, 0.4) is 0 Å². The van der Waals surface area contributed by atoms with Gasteiger partial charge in [0.25, 0.3) is 0 Å². The first kappa shape index (κ1) is 13.5. The maximum Gasteiger partial charge on any atom is 0.305 e. The predicted octanol–water partition coefficient (Wildman–Crippen LogP) is 1.83. The molecule has 1 aromatic rings. The maximum atomic E-state index is 11.0. The molecular formula is C13H19NO3. The summed E-state index contributed by atoms with van der Waals surface area (Å²) >= 11 is 0. The Kier molecular flexibility index (Phi) is 6.10. The van der Waals surface area contributed by atoms with Gasteiger partial charge in [0.2, 0.25) is 0 Å². The first-order valence-electron chi connectivity index (χ1n) is 5.86. The molecule has 0 spiro atoms. The third-order valence-electron chi connectivity index (χ3n) is 2.31. The minimum Gasteiger partial charge on any atom is -0.508 e. The number of esters is 1. The second-order valence-corrected chi connectivity index (χ2v) is 3.75. The van der Waals surface area contributed by atoms with Crippen LogP contribution in [0.15, 0.2) is 24.3 Å². The van der Waals surface area contributed by atoms with Crippen molar-refractivity contribution in [1.82, 2.24) is 5.32 Å². The SMILES string of the molecule is CCOC(=O)CCCNCc1ccc(O)cc1. The second-order valence-electron chi connectivity index (χ2n) is 3.75. The van der Waals surface area contributed by atoms with Crippen molar-refractivity contribution in [3.05, 3.63) is 29.8 Å². The molecule has 1 rings (SSSR count). The molecule has 0 amide bonds. The highest BCUT2D eigenvalue weighted by atomic mass is 16.5. The summed E-state index contributed by atoms with van der Waals surface area (Å²) in [5.41, 5.74) is 1.11. The molecule has 0 atom stereocenters.